The fraction of sp³-hybridized carbons (Fsp3) is 0.538. The molecule has 0 aromatic heterocycles. The SMILES string of the molecule is CC(C)C1CCCN1S(=O)(=O)c1ccc(F)cc1. The lowest BCUT2D eigenvalue weighted by Gasteiger charge is -2.26. The lowest BCUT2D eigenvalue weighted by Crippen LogP contribution is -2.38. The highest BCUT2D eigenvalue weighted by Crippen LogP contribution is 2.29. The fourth-order valence-electron chi connectivity index (χ4n) is 2.47. The Kier molecular flexibility index (Phi) is 3.73. The first-order valence-corrected chi connectivity index (χ1v) is 7.64. The molecule has 0 saturated carbocycles. The topological polar surface area (TPSA) is 37.4 Å². The molecule has 1 aliphatic rings. The fourth-order valence-corrected chi connectivity index (χ4v) is 4.30. The monoisotopic (exact) mass is 271 g/mol. The molecular formula is C13H18FNO2S. The summed E-state index contributed by atoms with van der Waals surface area (Å²) in [4.78, 5) is 0.177. The Hall–Kier alpha value is -0.940. The van der Waals surface area contributed by atoms with Gasteiger partial charge in [0.25, 0.3) is 0 Å². The molecule has 100 valence electrons. The molecule has 3 nitrogen and oxygen atoms in total. The Balaban J connectivity index is 2.33. The van der Waals surface area contributed by atoms with Gasteiger partial charge in [-0.25, -0.2) is 12.8 Å². The van der Waals surface area contributed by atoms with E-state index < -0.39 is 15.8 Å². The molecule has 0 bridgehead atoms. The van der Waals surface area contributed by atoms with E-state index in [2.05, 4.69) is 0 Å². The molecule has 0 radical (unpaired) electrons. The first-order chi connectivity index (χ1) is 8.43. The molecule has 1 aliphatic heterocycles. The van der Waals surface area contributed by atoms with Crippen molar-refractivity contribution in [3.63, 3.8) is 0 Å². The van der Waals surface area contributed by atoms with Crippen molar-refractivity contribution in [2.45, 2.75) is 37.6 Å². The molecule has 18 heavy (non-hydrogen) atoms. The van der Waals surface area contributed by atoms with Gasteiger partial charge in [0.15, 0.2) is 0 Å². The Morgan fingerprint density at radius 2 is 1.89 bits per heavy atom. The van der Waals surface area contributed by atoms with Gasteiger partial charge in [0, 0.05) is 12.6 Å². The van der Waals surface area contributed by atoms with Crippen LogP contribution in [0.1, 0.15) is 26.7 Å². The third-order valence-electron chi connectivity index (χ3n) is 3.44. The normalized spacial score (nSPS) is 21.7. The lowest BCUT2D eigenvalue weighted by atomic mass is 10.0. The molecule has 1 saturated heterocycles. The van der Waals surface area contributed by atoms with Crippen LogP contribution in [0.2, 0.25) is 0 Å². The number of nitrogens with zero attached hydrogens (tertiary/aromatic N) is 1. The number of halogens is 1. The van der Waals surface area contributed by atoms with Crippen molar-refractivity contribution in [2.24, 2.45) is 5.92 Å². The molecule has 1 heterocycles. The largest absolute Gasteiger partial charge is 0.243 e. The van der Waals surface area contributed by atoms with E-state index in [1.807, 2.05) is 13.8 Å². The van der Waals surface area contributed by atoms with Crippen LogP contribution in [0.15, 0.2) is 29.2 Å². The lowest BCUT2D eigenvalue weighted by molar-refractivity contribution is 0.315. The van der Waals surface area contributed by atoms with Crippen LogP contribution in [0.5, 0.6) is 0 Å². The number of benzene rings is 1. The average molecular weight is 271 g/mol. The number of sulfonamides is 1. The minimum atomic E-state index is -3.48. The predicted octanol–water partition coefficient (Wildman–Crippen LogP) is 2.63. The van der Waals surface area contributed by atoms with Crippen LogP contribution in [0.4, 0.5) is 4.39 Å². The summed E-state index contributed by atoms with van der Waals surface area (Å²) < 4.78 is 39.3. The van der Waals surface area contributed by atoms with Crippen molar-refractivity contribution < 1.29 is 12.8 Å². The number of hydrogen-bond acceptors (Lipinski definition) is 2. The molecule has 1 atom stereocenters. The van der Waals surface area contributed by atoms with Gasteiger partial charge in [0.1, 0.15) is 5.82 Å². The molecule has 5 heteroatoms. The maximum atomic E-state index is 12.8. The highest BCUT2D eigenvalue weighted by Gasteiger charge is 2.36. The first-order valence-electron chi connectivity index (χ1n) is 6.20. The van der Waals surface area contributed by atoms with Gasteiger partial charge < -0.3 is 0 Å². The summed E-state index contributed by atoms with van der Waals surface area (Å²) in [6, 6.07) is 5.10. The zero-order chi connectivity index (χ0) is 13.3. The second-order valence-electron chi connectivity index (χ2n) is 5.02. The average Bonchev–Trinajstić information content (AvgIpc) is 2.79. The van der Waals surface area contributed by atoms with Gasteiger partial charge in [0.05, 0.1) is 4.90 Å². The minimum absolute atomic E-state index is 0.0556. The van der Waals surface area contributed by atoms with Gasteiger partial charge >= 0.3 is 0 Å². The molecule has 1 fully saturated rings. The van der Waals surface area contributed by atoms with E-state index in [0.717, 1.165) is 12.8 Å². The van der Waals surface area contributed by atoms with Crippen molar-refractivity contribution >= 4 is 10.0 Å². The molecule has 0 amide bonds. The second kappa shape index (κ2) is 4.97. The van der Waals surface area contributed by atoms with Crippen LogP contribution >= 0.6 is 0 Å². The standard InChI is InChI=1S/C13H18FNO2S/c1-10(2)13-4-3-9-15(13)18(16,17)12-7-5-11(14)6-8-12/h5-8,10,13H,3-4,9H2,1-2H3. The maximum absolute atomic E-state index is 12.8. The molecule has 0 N–H and O–H groups in total. The van der Waals surface area contributed by atoms with Crippen LogP contribution in [-0.2, 0) is 10.0 Å². The van der Waals surface area contributed by atoms with Gasteiger partial charge in [0.2, 0.25) is 10.0 Å². The minimum Gasteiger partial charge on any atom is -0.207 e. The summed E-state index contributed by atoms with van der Waals surface area (Å²) in [5.41, 5.74) is 0. The van der Waals surface area contributed by atoms with Gasteiger partial charge in [-0.15, -0.1) is 0 Å². The van der Waals surface area contributed by atoms with E-state index >= 15 is 0 Å². The highest BCUT2D eigenvalue weighted by atomic mass is 32.2. The number of rotatable bonds is 3. The van der Waals surface area contributed by atoms with E-state index in [-0.39, 0.29) is 10.9 Å². The predicted molar refractivity (Wildman–Crippen MR) is 68.2 cm³/mol. The highest BCUT2D eigenvalue weighted by molar-refractivity contribution is 7.89. The van der Waals surface area contributed by atoms with E-state index in [9.17, 15) is 12.8 Å². The zero-order valence-electron chi connectivity index (χ0n) is 10.6. The first kappa shape index (κ1) is 13.5. The zero-order valence-corrected chi connectivity index (χ0v) is 11.5. The van der Waals surface area contributed by atoms with E-state index in [4.69, 9.17) is 0 Å². The van der Waals surface area contributed by atoms with Gasteiger partial charge in [-0.05, 0) is 43.0 Å². The van der Waals surface area contributed by atoms with E-state index in [0.29, 0.717) is 12.5 Å². The Bertz CT molecular complexity index is 510. The summed E-state index contributed by atoms with van der Waals surface area (Å²) >= 11 is 0. The van der Waals surface area contributed by atoms with Crippen LogP contribution in [0, 0.1) is 11.7 Å². The van der Waals surface area contributed by atoms with Crippen molar-refractivity contribution in [3.05, 3.63) is 30.1 Å². The van der Waals surface area contributed by atoms with Crippen molar-refractivity contribution in [1.29, 1.82) is 0 Å². The third-order valence-corrected chi connectivity index (χ3v) is 5.38. The third kappa shape index (κ3) is 2.42. The van der Waals surface area contributed by atoms with E-state index in [1.54, 1.807) is 4.31 Å². The van der Waals surface area contributed by atoms with Crippen LogP contribution in [-0.4, -0.2) is 25.3 Å². The Morgan fingerprint density at radius 1 is 1.28 bits per heavy atom. The van der Waals surface area contributed by atoms with E-state index in [1.165, 1.54) is 24.3 Å². The molecule has 0 spiro atoms. The molecule has 1 unspecified atom stereocenters. The van der Waals surface area contributed by atoms with Gasteiger partial charge in [-0.3, -0.25) is 0 Å². The quantitative estimate of drug-likeness (QED) is 0.847. The summed E-state index contributed by atoms with van der Waals surface area (Å²) in [6.07, 6.45) is 1.79. The summed E-state index contributed by atoms with van der Waals surface area (Å²) in [5, 5.41) is 0. The van der Waals surface area contributed by atoms with Crippen LogP contribution in [0.25, 0.3) is 0 Å². The molecule has 1 aromatic carbocycles. The molecule has 2 rings (SSSR count). The van der Waals surface area contributed by atoms with Crippen molar-refractivity contribution in [2.75, 3.05) is 6.54 Å². The Morgan fingerprint density at radius 3 is 2.44 bits per heavy atom. The van der Waals surface area contributed by atoms with Crippen LogP contribution in [0.3, 0.4) is 0 Å². The maximum Gasteiger partial charge on any atom is 0.243 e. The summed E-state index contributed by atoms with van der Waals surface area (Å²) in [6.45, 7) is 4.62. The molecular weight excluding hydrogens is 253 g/mol. The van der Waals surface area contributed by atoms with Gasteiger partial charge in [-0.2, -0.15) is 4.31 Å². The summed E-state index contributed by atoms with van der Waals surface area (Å²) in [7, 11) is -3.48. The smallest absolute Gasteiger partial charge is 0.207 e. The van der Waals surface area contributed by atoms with Crippen molar-refractivity contribution in [1.82, 2.24) is 4.31 Å². The Labute approximate surface area is 108 Å². The second-order valence-corrected chi connectivity index (χ2v) is 6.91. The molecule has 0 aliphatic carbocycles. The van der Waals surface area contributed by atoms with Crippen LogP contribution < -0.4 is 0 Å². The van der Waals surface area contributed by atoms with Crippen molar-refractivity contribution in [3.8, 4) is 0 Å². The summed E-state index contributed by atoms with van der Waals surface area (Å²) in [5.74, 6) is -0.126. The number of hydrogen-bond donors (Lipinski definition) is 0. The molecule has 1 aromatic rings. The van der Waals surface area contributed by atoms with Gasteiger partial charge in [-0.1, -0.05) is 13.8 Å².